The molecular formula is C24H32ClN3O3S. The molecule has 0 bridgehead atoms. The summed E-state index contributed by atoms with van der Waals surface area (Å²) < 4.78 is 27.0. The third-order valence-electron chi connectivity index (χ3n) is 6.28. The molecule has 0 radical (unpaired) electrons. The Morgan fingerprint density at radius 3 is 2.53 bits per heavy atom. The number of sulfonamides is 1. The second kappa shape index (κ2) is 10.3. The van der Waals surface area contributed by atoms with E-state index < -0.39 is 15.4 Å². The van der Waals surface area contributed by atoms with Gasteiger partial charge in [-0.15, -0.1) is 0 Å². The zero-order chi connectivity index (χ0) is 23.4. The van der Waals surface area contributed by atoms with Crippen molar-refractivity contribution in [1.82, 2.24) is 14.6 Å². The number of aryl methyl sites for hydroxylation is 2. The second-order valence-corrected chi connectivity index (χ2v) is 11.2. The van der Waals surface area contributed by atoms with Crippen LogP contribution in [0.5, 0.6) is 0 Å². The fraction of sp³-hybridized carbons (Fsp3) is 0.500. The standard InChI is InChI=1S/C24H32ClN3O3S/c1-4-5-15-32(30,31)28-13-11-24(12-14-28,22-8-6-7-19(3)27-22)17-26-23(29)21-10-9-20(25)16-18(21)2/h6-10,16H,4-5,11-15,17H2,1-3H3,(H,26,29). The summed E-state index contributed by atoms with van der Waals surface area (Å²) in [5.41, 5.74) is 2.78. The number of nitrogens with zero attached hydrogens (tertiary/aromatic N) is 2. The predicted octanol–water partition coefficient (Wildman–Crippen LogP) is 4.25. The number of amides is 1. The lowest BCUT2D eigenvalue weighted by molar-refractivity contribution is 0.0931. The zero-order valence-corrected chi connectivity index (χ0v) is 20.6. The predicted molar refractivity (Wildman–Crippen MR) is 129 cm³/mol. The molecule has 1 amide bonds. The molecule has 1 fully saturated rings. The maximum absolute atomic E-state index is 12.9. The van der Waals surface area contributed by atoms with Crippen LogP contribution in [-0.4, -0.2) is 49.0 Å². The number of hydrogen-bond donors (Lipinski definition) is 1. The molecule has 1 N–H and O–H groups in total. The molecule has 3 rings (SSSR count). The van der Waals surface area contributed by atoms with Crippen molar-refractivity contribution < 1.29 is 13.2 Å². The summed E-state index contributed by atoms with van der Waals surface area (Å²) in [5, 5.41) is 3.68. The SMILES string of the molecule is CCCCS(=O)(=O)N1CCC(CNC(=O)c2ccc(Cl)cc2C)(c2cccc(C)n2)CC1. The quantitative estimate of drug-likeness (QED) is 0.616. The Bertz CT molecular complexity index is 1060. The van der Waals surface area contributed by atoms with Crippen LogP contribution in [0.1, 0.15) is 59.9 Å². The monoisotopic (exact) mass is 477 g/mol. The molecule has 0 unspecified atom stereocenters. The molecule has 0 aliphatic carbocycles. The Morgan fingerprint density at radius 1 is 1.19 bits per heavy atom. The molecule has 1 saturated heterocycles. The van der Waals surface area contributed by atoms with E-state index in [0.717, 1.165) is 23.4 Å². The lowest BCUT2D eigenvalue weighted by Crippen LogP contribution is -2.51. The number of aromatic nitrogens is 1. The van der Waals surface area contributed by atoms with Crippen molar-refractivity contribution in [2.24, 2.45) is 0 Å². The van der Waals surface area contributed by atoms with E-state index in [2.05, 4.69) is 5.32 Å². The molecule has 0 atom stereocenters. The van der Waals surface area contributed by atoms with Gasteiger partial charge in [0.15, 0.2) is 0 Å². The summed E-state index contributed by atoms with van der Waals surface area (Å²) in [6.07, 6.45) is 2.73. The van der Waals surface area contributed by atoms with Crippen LogP contribution in [0.2, 0.25) is 5.02 Å². The third-order valence-corrected chi connectivity index (χ3v) is 8.47. The van der Waals surface area contributed by atoms with Gasteiger partial charge in [0.2, 0.25) is 10.0 Å². The molecule has 32 heavy (non-hydrogen) atoms. The number of hydrogen-bond acceptors (Lipinski definition) is 4. The van der Waals surface area contributed by atoms with Gasteiger partial charge in [0.25, 0.3) is 5.91 Å². The first kappa shape index (κ1) is 24.7. The van der Waals surface area contributed by atoms with E-state index in [1.165, 1.54) is 0 Å². The Hall–Kier alpha value is -1.96. The van der Waals surface area contributed by atoms with Gasteiger partial charge in [-0.3, -0.25) is 9.78 Å². The minimum absolute atomic E-state index is 0.163. The van der Waals surface area contributed by atoms with Crippen LogP contribution in [-0.2, 0) is 15.4 Å². The van der Waals surface area contributed by atoms with Crippen molar-refractivity contribution >= 4 is 27.5 Å². The average Bonchev–Trinajstić information content (AvgIpc) is 2.76. The first-order valence-electron chi connectivity index (χ1n) is 11.1. The maximum Gasteiger partial charge on any atom is 0.251 e. The van der Waals surface area contributed by atoms with Crippen LogP contribution in [0, 0.1) is 13.8 Å². The minimum Gasteiger partial charge on any atom is -0.351 e. The molecule has 1 aliphatic rings. The van der Waals surface area contributed by atoms with Gasteiger partial charge in [-0.2, -0.15) is 0 Å². The summed E-state index contributed by atoms with van der Waals surface area (Å²) in [6, 6.07) is 11.1. The molecule has 8 heteroatoms. The number of nitrogens with one attached hydrogen (secondary N) is 1. The first-order valence-corrected chi connectivity index (χ1v) is 13.1. The topological polar surface area (TPSA) is 79.4 Å². The van der Waals surface area contributed by atoms with E-state index in [9.17, 15) is 13.2 Å². The molecule has 1 aromatic heterocycles. The molecular weight excluding hydrogens is 446 g/mol. The van der Waals surface area contributed by atoms with Gasteiger partial charge in [0, 0.05) is 47.0 Å². The van der Waals surface area contributed by atoms with Crippen LogP contribution >= 0.6 is 11.6 Å². The van der Waals surface area contributed by atoms with Gasteiger partial charge < -0.3 is 5.32 Å². The van der Waals surface area contributed by atoms with Crippen LogP contribution in [0.15, 0.2) is 36.4 Å². The Morgan fingerprint density at radius 2 is 1.91 bits per heavy atom. The van der Waals surface area contributed by atoms with Crippen LogP contribution < -0.4 is 5.32 Å². The van der Waals surface area contributed by atoms with Crippen molar-refractivity contribution in [3.05, 3.63) is 63.9 Å². The Labute approximate surface area is 196 Å². The van der Waals surface area contributed by atoms with Gasteiger partial charge in [-0.05, 0) is 69.0 Å². The molecule has 174 valence electrons. The largest absolute Gasteiger partial charge is 0.351 e. The highest BCUT2D eigenvalue weighted by atomic mass is 35.5. The van der Waals surface area contributed by atoms with Crippen molar-refractivity contribution in [1.29, 1.82) is 0 Å². The van der Waals surface area contributed by atoms with Crippen LogP contribution in [0.4, 0.5) is 0 Å². The normalized spacial score (nSPS) is 16.6. The van der Waals surface area contributed by atoms with E-state index in [1.807, 2.05) is 39.0 Å². The molecule has 0 spiro atoms. The number of piperidine rings is 1. The Kier molecular flexibility index (Phi) is 7.96. The number of benzene rings is 1. The summed E-state index contributed by atoms with van der Waals surface area (Å²) in [5.74, 6) is 0.0235. The number of carbonyl (C=O) groups excluding carboxylic acids is 1. The maximum atomic E-state index is 12.9. The van der Waals surface area contributed by atoms with Gasteiger partial charge in [-0.25, -0.2) is 12.7 Å². The summed E-state index contributed by atoms with van der Waals surface area (Å²) in [7, 11) is -3.26. The van der Waals surface area contributed by atoms with Crippen molar-refractivity contribution in [2.45, 2.75) is 51.9 Å². The van der Waals surface area contributed by atoms with Gasteiger partial charge in [0.05, 0.1) is 5.75 Å². The second-order valence-electron chi connectivity index (χ2n) is 8.66. The highest BCUT2D eigenvalue weighted by molar-refractivity contribution is 7.89. The first-order chi connectivity index (χ1) is 15.2. The fourth-order valence-electron chi connectivity index (χ4n) is 4.24. The zero-order valence-electron chi connectivity index (χ0n) is 19.0. The van der Waals surface area contributed by atoms with E-state index in [4.69, 9.17) is 16.6 Å². The van der Waals surface area contributed by atoms with Gasteiger partial charge >= 0.3 is 0 Å². The summed E-state index contributed by atoms with van der Waals surface area (Å²) in [6.45, 7) is 7.04. The van der Waals surface area contributed by atoms with Crippen molar-refractivity contribution in [3.63, 3.8) is 0 Å². The van der Waals surface area contributed by atoms with E-state index >= 15 is 0 Å². The number of carbonyl (C=O) groups is 1. The molecule has 0 saturated carbocycles. The molecule has 1 aliphatic heterocycles. The van der Waals surface area contributed by atoms with E-state index in [-0.39, 0.29) is 11.7 Å². The van der Waals surface area contributed by atoms with Crippen molar-refractivity contribution in [2.75, 3.05) is 25.4 Å². The smallest absolute Gasteiger partial charge is 0.251 e. The molecule has 6 nitrogen and oxygen atoms in total. The van der Waals surface area contributed by atoms with Crippen molar-refractivity contribution in [3.8, 4) is 0 Å². The van der Waals surface area contributed by atoms with Crippen LogP contribution in [0.3, 0.4) is 0 Å². The molecule has 2 aromatic rings. The number of rotatable bonds is 8. The Balaban J connectivity index is 1.80. The van der Waals surface area contributed by atoms with E-state index in [1.54, 1.807) is 22.5 Å². The number of pyridine rings is 1. The highest BCUT2D eigenvalue weighted by Crippen LogP contribution is 2.35. The fourth-order valence-corrected chi connectivity index (χ4v) is 6.11. The lowest BCUT2D eigenvalue weighted by atomic mass is 9.75. The molecule has 2 heterocycles. The number of unbranched alkanes of at least 4 members (excludes halogenated alkanes) is 1. The lowest BCUT2D eigenvalue weighted by Gasteiger charge is -2.41. The summed E-state index contributed by atoms with van der Waals surface area (Å²) in [4.78, 5) is 17.7. The minimum atomic E-state index is -3.26. The molecule has 1 aromatic carbocycles. The highest BCUT2D eigenvalue weighted by Gasteiger charge is 2.40. The van der Waals surface area contributed by atoms with Gasteiger partial charge in [-0.1, -0.05) is 31.0 Å². The van der Waals surface area contributed by atoms with Crippen LogP contribution in [0.25, 0.3) is 0 Å². The average molecular weight is 478 g/mol. The van der Waals surface area contributed by atoms with Gasteiger partial charge in [0.1, 0.15) is 0 Å². The number of halogens is 1. The van der Waals surface area contributed by atoms with E-state index in [0.29, 0.717) is 49.5 Å². The third kappa shape index (κ3) is 5.69. The summed E-state index contributed by atoms with van der Waals surface area (Å²) >= 11 is 6.03.